The van der Waals surface area contributed by atoms with Crippen molar-refractivity contribution in [3.63, 3.8) is 0 Å². The van der Waals surface area contributed by atoms with Crippen LogP contribution in [0.2, 0.25) is 0 Å². The Morgan fingerprint density at radius 2 is 1.96 bits per heavy atom. The number of hydrogen-bond donors (Lipinski definition) is 0. The Kier molecular flexibility index (Phi) is 5.27. The van der Waals surface area contributed by atoms with Crippen molar-refractivity contribution in [1.82, 2.24) is 4.98 Å². The topological polar surface area (TPSA) is 42.4 Å². The maximum absolute atomic E-state index is 13.2. The molecule has 0 N–H and O–H groups in total. The van der Waals surface area contributed by atoms with Crippen LogP contribution in [0.3, 0.4) is 0 Å². The normalized spacial score (nSPS) is 16.4. The first-order valence-electron chi connectivity index (χ1n) is 8.91. The van der Waals surface area contributed by atoms with Gasteiger partial charge in [0, 0.05) is 23.1 Å². The van der Waals surface area contributed by atoms with E-state index in [0.29, 0.717) is 17.2 Å². The Hall–Kier alpha value is -2.57. The molecule has 1 amide bonds. The molecule has 27 heavy (non-hydrogen) atoms. The Bertz CT molecular complexity index is 905. The molecule has 1 aromatic heterocycles. The Balaban J connectivity index is 1.64. The van der Waals surface area contributed by atoms with E-state index >= 15 is 0 Å². The smallest absolute Gasteiger partial charge is 0.260 e. The molecule has 4 rings (SSSR count). The van der Waals surface area contributed by atoms with Gasteiger partial charge in [-0.25, -0.2) is 9.37 Å². The fourth-order valence-electron chi connectivity index (χ4n) is 3.12. The number of halogens is 1. The van der Waals surface area contributed by atoms with Crippen LogP contribution in [0.5, 0.6) is 0 Å². The highest BCUT2D eigenvalue weighted by Gasteiger charge is 2.27. The number of ether oxygens (including phenoxy) is 1. The highest BCUT2D eigenvalue weighted by atomic mass is 32.1. The minimum Gasteiger partial charge on any atom is -0.376 e. The van der Waals surface area contributed by atoms with Crippen LogP contribution in [0.1, 0.15) is 23.2 Å². The lowest BCUT2D eigenvalue weighted by atomic mass is 10.1. The van der Waals surface area contributed by atoms with Gasteiger partial charge in [0.25, 0.3) is 5.91 Å². The van der Waals surface area contributed by atoms with Crippen LogP contribution < -0.4 is 4.90 Å². The summed E-state index contributed by atoms with van der Waals surface area (Å²) in [6, 6.07) is 15.5. The molecule has 0 unspecified atom stereocenters. The third kappa shape index (κ3) is 4.07. The lowest BCUT2D eigenvalue weighted by Gasteiger charge is -2.23. The molecule has 0 spiro atoms. The van der Waals surface area contributed by atoms with Gasteiger partial charge in [-0.05, 0) is 37.1 Å². The summed E-state index contributed by atoms with van der Waals surface area (Å²) < 4.78 is 19.0. The fraction of sp³-hybridized carbons (Fsp3) is 0.238. The molecule has 1 aliphatic rings. The van der Waals surface area contributed by atoms with Crippen molar-refractivity contribution in [1.29, 1.82) is 0 Å². The van der Waals surface area contributed by atoms with E-state index in [0.717, 1.165) is 30.7 Å². The van der Waals surface area contributed by atoms with Gasteiger partial charge >= 0.3 is 0 Å². The third-order valence-corrected chi connectivity index (χ3v) is 5.40. The third-order valence-electron chi connectivity index (χ3n) is 4.54. The molecule has 4 nitrogen and oxygen atoms in total. The molecular weight excluding hydrogens is 363 g/mol. The lowest BCUT2D eigenvalue weighted by molar-refractivity contribution is 0.0917. The summed E-state index contributed by atoms with van der Waals surface area (Å²) in [5, 5.41) is 2.57. The molecule has 1 atom stereocenters. The lowest BCUT2D eigenvalue weighted by Crippen LogP contribution is -2.37. The monoisotopic (exact) mass is 382 g/mol. The molecular formula is C21H19FN2O2S. The minimum absolute atomic E-state index is 0.00141. The van der Waals surface area contributed by atoms with E-state index in [2.05, 4.69) is 4.98 Å². The van der Waals surface area contributed by atoms with Gasteiger partial charge in [-0.15, -0.1) is 11.3 Å². The number of nitrogens with zero attached hydrogens (tertiary/aromatic N) is 2. The minimum atomic E-state index is -0.363. The average molecular weight is 382 g/mol. The van der Waals surface area contributed by atoms with Gasteiger partial charge in [0.2, 0.25) is 0 Å². The Labute approximate surface area is 161 Å². The number of benzene rings is 2. The molecule has 1 saturated heterocycles. The highest BCUT2D eigenvalue weighted by Crippen LogP contribution is 2.29. The molecule has 0 aliphatic carbocycles. The van der Waals surface area contributed by atoms with Gasteiger partial charge in [-0.2, -0.15) is 0 Å². The van der Waals surface area contributed by atoms with Gasteiger partial charge < -0.3 is 4.74 Å². The number of aromatic nitrogens is 1. The first-order valence-corrected chi connectivity index (χ1v) is 9.78. The number of hydrogen-bond acceptors (Lipinski definition) is 4. The van der Waals surface area contributed by atoms with E-state index in [4.69, 9.17) is 4.74 Å². The van der Waals surface area contributed by atoms with Crippen molar-refractivity contribution in [2.45, 2.75) is 18.9 Å². The Morgan fingerprint density at radius 3 is 2.67 bits per heavy atom. The molecule has 138 valence electrons. The molecule has 2 aromatic carbocycles. The number of thiazole rings is 1. The molecule has 0 radical (unpaired) electrons. The van der Waals surface area contributed by atoms with Crippen LogP contribution in [0.15, 0.2) is 60.0 Å². The van der Waals surface area contributed by atoms with Gasteiger partial charge in [-0.3, -0.25) is 9.69 Å². The predicted octanol–water partition coefficient (Wildman–Crippen LogP) is 4.78. The predicted molar refractivity (Wildman–Crippen MR) is 105 cm³/mol. The standard InChI is InChI=1S/C21H19FN2O2S/c22-17-10-8-16(9-11-17)20(25)24(13-18-7-4-12-26-18)21-23-19(14-27-21)15-5-2-1-3-6-15/h1-3,5-6,8-11,14,18H,4,7,12-13H2/t18-/m0/s1. The van der Waals surface area contributed by atoms with Gasteiger partial charge in [0.15, 0.2) is 5.13 Å². The maximum atomic E-state index is 13.2. The van der Waals surface area contributed by atoms with Crippen LogP contribution >= 0.6 is 11.3 Å². The SMILES string of the molecule is O=C(c1ccc(F)cc1)N(C[C@@H]1CCCO1)c1nc(-c2ccccc2)cs1. The van der Waals surface area contributed by atoms with Crippen molar-refractivity contribution in [2.75, 3.05) is 18.1 Å². The second-order valence-electron chi connectivity index (χ2n) is 6.44. The van der Waals surface area contributed by atoms with E-state index in [1.54, 1.807) is 4.90 Å². The number of anilines is 1. The van der Waals surface area contributed by atoms with Crippen LogP contribution in [-0.4, -0.2) is 30.1 Å². The quantitative estimate of drug-likeness (QED) is 0.638. The summed E-state index contributed by atoms with van der Waals surface area (Å²) in [4.78, 5) is 19.4. The fourth-order valence-corrected chi connectivity index (χ4v) is 3.96. The summed E-state index contributed by atoms with van der Waals surface area (Å²) >= 11 is 1.43. The van der Waals surface area contributed by atoms with Crippen molar-refractivity contribution < 1.29 is 13.9 Å². The number of carbonyl (C=O) groups excluding carboxylic acids is 1. The summed E-state index contributed by atoms with van der Waals surface area (Å²) in [7, 11) is 0. The molecule has 1 aliphatic heterocycles. The van der Waals surface area contributed by atoms with Crippen molar-refractivity contribution in [2.24, 2.45) is 0 Å². The number of amides is 1. The maximum Gasteiger partial charge on any atom is 0.260 e. The van der Waals surface area contributed by atoms with Crippen LogP contribution in [0.4, 0.5) is 9.52 Å². The van der Waals surface area contributed by atoms with Crippen LogP contribution in [-0.2, 0) is 4.74 Å². The highest BCUT2D eigenvalue weighted by molar-refractivity contribution is 7.14. The van der Waals surface area contributed by atoms with Gasteiger partial charge in [-0.1, -0.05) is 30.3 Å². The zero-order valence-electron chi connectivity index (χ0n) is 14.7. The van der Waals surface area contributed by atoms with Gasteiger partial charge in [0.1, 0.15) is 5.82 Å². The number of carbonyl (C=O) groups is 1. The number of rotatable bonds is 5. The molecule has 3 aromatic rings. The van der Waals surface area contributed by atoms with Crippen molar-refractivity contribution in [3.05, 3.63) is 71.4 Å². The van der Waals surface area contributed by atoms with E-state index in [9.17, 15) is 9.18 Å². The molecule has 6 heteroatoms. The largest absolute Gasteiger partial charge is 0.376 e. The van der Waals surface area contributed by atoms with E-state index in [1.165, 1.54) is 35.6 Å². The second-order valence-corrected chi connectivity index (χ2v) is 7.28. The van der Waals surface area contributed by atoms with E-state index < -0.39 is 0 Å². The Morgan fingerprint density at radius 1 is 1.19 bits per heavy atom. The molecule has 2 heterocycles. The van der Waals surface area contributed by atoms with Crippen LogP contribution in [0, 0.1) is 5.82 Å². The first-order chi connectivity index (χ1) is 13.2. The van der Waals surface area contributed by atoms with Crippen LogP contribution in [0.25, 0.3) is 11.3 Å². The van der Waals surface area contributed by atoms with Gasteiger partial charge in [0.05, 0.1) is 18.3 Å². The summed E-state index contributed by atoms with van der Waals surface area (Å²) in [5.74, 6) is -0.558. The molecule has 0 bridgehead atoms. The zero-order valence-corrected chi connectivity index (χ0v) is 15.5. The zero-order chi connectivity index (χ0) is 18.6. The average Bonchev–Trinajstić information content (AvgIpc) is 3.39. The molecule has 0 saturated carbocycles. The summed E-state index contributed by atoms with van der Waals surface area (Å²) in [5.41, 5.74) is 2.28. The van der Waals surface area contributed by atoms with E-state index in [1.807, 2.05) is 35.7 Å². The van der Waals surface area contributed by atoms with Crippen molar-refractivity contribution >= 4 is 22.4 Å². The molecule has 1 fully saturated rings. The summed E-state index contributed by atoms with van der Waals surface area (Å²) in [6.07, 6.45) is 1.92. The summed E-state index contributed by atoms with van der Waals surface area (Å²) in [6.45, 7) is 1.16. The van der Waals surface area contributed by atoms with Crippen molar-refractivity contribution in [3.8, 4) is 11.3 Å². The van der Waals surface area contributed by atoms with E-state index in [-0.39, 0.29) is 17.8 Å². The first kappa shape index (κ1) is 17.8. The second kappa shape index (κ2) is 7.98.